The average molecular weight is 327 g/mol. The number of fused-ring (bicyclic) bond motifs is 1. The summed E-state index contributed by atoms with van der Waals surface area (Å²) in [7, 11) is 1.98. The first-order valence-corrected chi connectivity index (χ1v) is 7.71. The van der Waals surface area contributed by atoms with Crippen LogP contribution in [0.3, 0.4) is 0 Å². The summed E-state index contributed by atoms with van der Waals surface area (Å²) in [6.07, 6.45) is 1.53. The van der Waals surface area contributed by atoms with E-state index in [0.717, 1.165) is 11.5 Å². The van der Waals surface area contributed by atoms with Crippen molar-refractivity contribution in [1.82, 2.24) is 15.0 Å². The Morgan fingerprint density at radius 1 is 1.17 bits per heavy atom. The van der Waals surface area contributed by atoms with Gasteiger partial charge in [-0.2, -0.15) is 4.98 Å². The number of nitrogens with zero attached hydrogens (tertiary/aromatic N) is 3. The lowest BCUT2D eigenvalue weighted by Gasteiger charge is -2.29. The molecule has 0 N–H and O–H groups in total. The summed E-state index contributed by atoms with van der Waals surface area (Å²) in [5, 5.41) is 3.98. The molecule has 2 aromatic heterocycles. The third-order valence-corrected chi connectivity index (χ3v) is 3.69. The molecule has 24 heavy (non-hydrogen) atoms. The van der Waals surface area contributed by atoms with Crippen LogP contribution in [0, 0.1) is 0 Å². The predicted molar refractivity (Wildman–Crippen MR) is 84.7 cm³/mol. The van der Waals surface area contributed by atoms with Crippen LogP contribution in [0.1, 0.15) is 5.82 Å². The first kappa shape index (κ1) is 14.8. The molecule has 124 valence electrons. The Labute approximate surface area is 138 Å². The number of hydrogen-bond donors (Lipinski definition) is 0. The van der Waals surface area contributed by atoms with Crippen molar-refractivity contribution in [3.8, 4) is 23.1 Å². The number of benzene rings is 1. The number of para-hydroxylation sites is 2. The van der Waals surface area contributed by atoms with Gasteiger partial charge in [0.2, 0.25) is 0 Å². The van der Waals surface area contributed by atoms with E-state index in [4.69, 9.17) is 18.4 Å². The summed E-state index contributed by atoms with van der Waals surface area (Å²) < 4.78 is 22.1. The van der Waals surface area contributed by atoms with E-state index in [1.807, 2.05) is 31.3 Å². The SMILES string of the molecule is CN(Cc1noc(-c2ccco2)n1)C[C@@H]1COc2ccccc2O1. The Balaban J connectivity index is 1.35. The first-order valence-electron chi connectivity index (χ1n) is 7.71. The van der Waals surface area contributed by atoms with Crippen LogP contribution in [0.4, 0.5) is 0 Å². The zero-order valence-corrected chi connectivity index (χ0v) is 13.2. The maximum absolute atomic E-state index is 5.96. The van der Waals surface area contributed by atoms with E-state index in [0.29, 0.717) is 37.2 Å². The summed E-state index contributed by atoms with van der Waals surface area (Å²) in [5.41, 5.74) is 0. The largest absolute Gasteiger partial charge is 0.486 e. The molecule has 0 fully saturated rings. The van der Waals surface area contributed by atoms with Crippen molar-refractivity contribution in [2.24, 2.45) is 0 Å². The second-order valence-corrected chi connectivity index (χ2v) is 5.69. The maximum Gasteiger partial charge on any atom is 0.293 e. The number of likely N-dealkylation sites (N-methyl/N-ethyl adjacent to an activating group) is 1. The van der Waals surface area contributed by atoms with Crippen LogP contribution < -0.4 is 9.47 Å². The Kier molecular flexibility index (Phi) is 3.92. The van der Waals surface area contributed by atoms with Crippen LogP contribution in [-0.2, 0) is 6.54 Å². The molecule has 1 atom stereocenters. The third kappa shape index (κ3) is 3.11. The molecular formula is C17H17N3O4. The van der Waals surface area contributed by atoms with Gasteiger partial charge < -0.3 is 18.4 Å². The minimum absolute atomic E-state index is 0.0404. The van der Waals surface area contributed by atoms with Crippen LogP contribution in [0.5, 0.6) is 11.5 Å². The van der Waals surface area contributed by atoms with E-state index in [1.54, 1.807) is 18.4 Å². The molecule has 1 aliphatic heterocycles. The van der Waals surface area contributed by atoms with Crippen LogP contribution >= 0.6 is 0 Å². The normalized spacial score (nSPS) is 16.5. The molecule has 7 nitrogen and oxygen atoms in total. The first-order chi connectivity index (χ1) is 11.8. The Morgan fingerprint density at radius 2 is 2.04 bits per heavy atom. The lowest BCUT2D eigenvalue weighted by Crippen LogP contribution is -2.39. The summed E-state index contributed by atoms with van der Waals surface area (Å²) >= 11 is 0. The Morgan fingerprint density at radius 3 is 2.88 bits per heavy atom. The average Bonchev–Trinajstić information content (AvgIpc) is 3.26. The molecule has 7 heteroatoms. The van der Waals surface area contributed by atoms with E-state index in [9.17, 15) is 0 Å². The molecule has 0 bridgehead atoms. The zero-order chi connectivity index (χ0) is 16.4. The lowest BCUT2D eigenvalue weighted by atomic mass is 10.2. The lowest BCUT2D eigenvalue weighted by molar-refractivity contribution is 0.0630. The molecule has 0 radical (unpaired) electrons. The molecule has 1 aliphatic rings. The molecule has 3 heterocycles. The molecular weight excluding hydrogens is 310 g/mol. The fraction of sp³-hybridized carbons (Fsp3) is 0.294. The summed E-state index contributed by atoms with van der Waals surface area (Å²) in [6.45, 7) is 1.76. The number of rotatable bonds is 5. The third-order valence-electron chi connectivity index (χ3n) is 3.69. The summed E-state index contributed by atoms with van der Waals surface area (Å²) in [5.74, 6) is 3.12. The molecule has 0 amide bonds. The van der Waals surface area contributed by atoms with Gasteiger partial charge in [-0.05, 0) is 31.3 Å². The van der Waals surface area contributed by atoms with E-state index in [-0.39, 0.29) is 6.10 Å². The molecule has 0 aliphatic carbocycles. The van der Waals surface area contributed by atoms with Gasteiger partial charge in [0.05, 0.1) is 12.8 Å². The van der Waals surface area contributed by atoms with Gasteiger partial charge in [-0.3, -0.25) is 4.90 Å². The van der Waals surface area contributed by atoms with E-state index in [1.165, 1.54) is 0 Å². The quantitative estimate of drug-likeness (QED) is 0.713. The topological polar surface area (TPSA) is 73.8 Å². The van der Waals surface area contributed by atoms with Crippen molar-refractivity contribution in [3.05, 3.63) is 48.5 Å². The van der Waals surface area contributed by atoms with Crippen molar-refractivity contribution >= 4 is 0 Å². The van der Waals surface area contributed by atoms with Gasteiger partial charge in [0, 0.05) is 6.54 Å². The van der Waals surface area contributed by atoms with Gasteiger partial charge >= 0.3 is 0 Å². The van der Waals surface area contributed by atoms with Crippen molar-refractivity contribution < 1.29 is 18.4 Å². The zero-order valence-electron chi connectivity index (χ0n) is 13.2. The highest BCUT2D eigenvalue weighted by atomic mass is 16.6. The van der Waals surface area contributed by atoms with Gasteiger partial charge in [0.15, 0.2) is 23.1 Å². The van der Waals surface area contributed by atoms with Crippen LogP contribution in [0.25, 0.3) is 11.7 Å². The minimum atomic E-state index is -0.0404. The fourth-order valence-corrected chi connectivity index (χ4v) is 2.63. The van der Waals surface area contributed by atoms with Gasteiger partial charge in [-0.15, -0.1) is 0 Å². The highest BCUT2D eigenvalue weighted by Gasteiger charge is 2.22. The molecule has 4 rings (SSSR count). The second kappa shape index (κ2) is 6.37. The number of ether oxygens (including phenoxy) is 2. The van der Waals surface area contributed by atoms with E-state index < -0.39 is 0 Å². The van der Waals surface area contributed by atoms with Crippen LogP contribution in [0.2, 0.25) is 0 Å². The van der Waals surface area contributed by atoms with Crippen LogP contribution in [-0.4, -0.2) is 41.3 Å². The van der Waals surface area contributed by atoms with Crippen molar-refractivity contribution in [1.29, 1.82) is 0 Å². The molecule has 0 spiro atoms. The molecule has 0 saturated heterocycles. The van der Waals surface area contributed by atoms with Gasteiger partial charge in [0.1, 0.15) is 12.7 Å². The van der Waals surface area contributed by atoms with Crippen molar-refractivity contribution in [2.75, 3.05) is 20.2 Å². The predicted octanol–water partition coefficient (Wildman–Crippen LogP) is 2.60. The summed E-state index contributed by atoms with van der Waals surface area (Å²) in [6, 6.07) is 11.3. The van der Waals surface area contributed by atoms with Gasteiger partial charge in [0.25, 0.3) is 5.89 Å². The van der Waals surface area contributed by atoms with Gasteiger partial charge in [-0.1, -0.05) is 17.3 Å². The number of furan rings is 1. The number of hydrogen-bond acceptors (Lipinski definition) is 7. The van der Waals surface area contributed by atoms with Crippen LogP contribution in [0.15, 0.2) is 51.6 Å². The maximum atomic E-state index is 5.96. The minimum Gasteiger partial charge on any atom is -0.486 e. The van der Waals surface area contributed by atoms with E-state index in [2.05, 4.69) is 15.0 Å². The Bertz CT molecular complexity index is 800. The standard InChI is InChI=1S/C17H17N3O4/c1-20(9-12-11-22-13-5-2-3-6-14(13)23-12)10-16-18-17(24-19-16)15-7-4-8-21-15/h2-8,12H,9-11H2,1H3/t12-/m1/s1. The monoisotopic (exact) mass is 327 g/mol. The Hall–Kier alpha value is -2.80. The molecule has 3 aromatic rings. The molecule has 1 aromatic carbocycles. The van der Waals surface area contributed by atoms with Crippen molar-refractivity contribution in [2.45, 2.75) is 12.6 Å². The fourth-order valence-electron chi connectivity index (χ4n) is 2.63. The highest BCUT2D eigenvalue weighted by molar-refractivity contribution is 5.42. The summed E-state index contributed by atoms with van der Waals surface area (Å²) in [4.78, 5) is 6.40. The van der Waals surface area contributed by atoms with Crippen molar-refractivity contribution in [3.63, 3.8) is 0 Å². The molecule has 0 saturated carbocycles. The highest BCUT2D eigenvalue weighted by Crippen LogP contribution is 2.31. The van der Waals surface area contributed by atoms with E-state index >= 15 is 0 Å². The second-order valence-electron chi connectivity index (χ2n) is 5.69. The number of aromatic nitrogens is 2. The smallest absolute Gasteiger partial charge is 0.293 e. The molecule has 0 unspecified atom stereocenters. The van der Waals surface area contributed by atoms with Gasteiger partial charge in [-0.25, -0.2) is 0 Å².